The van der Waals surface area contributed by atoms with Crippen LogP contribution in [0.4, 0.5) is 0 Å². The van der Waals surface area contributed by atoms with Crippen LogP contribution >= 0.6 is 0 Å². The maximum atomic E-state index is 5.00. The molecule has 0 bridgehead atoms. The molecule has 1 rings (SSSR count). The van der Waals surface area contributed by atoms with Gasteiger partial charge in [-0.25, -0.2) is 0 Å². The van der Waals surface area contributed by atoms with Crippen molar-refractivity contribution in [2.75, 3.05) is 27.3 Å². The zero-order chi connectivity index (χ0) is 9.45. The van der Waals surface area contributed by atoms with Crippen LogP contribution in [0, 0.1) is 0 Å². The third kappa shape index (κ3) is 6.79. The van der Waals surface area contributed by atoms with Crippen molar-refractivity contribution in [2.24, 2.45) is 0 Å². The molecule has 0 aliphatic carbocycles. The molecule has 0 unspecified atom stereocenters. The minimum atomic E-state index is -1.65. The smallest absolute Gasteiger partial charge is 0.331 e. The zero-order valence-electron chi connectivity index (χ0n) is 8.64. The topological polar surface area (TPSA) is 30.5 Å². The Morgan fingerprint density at radius 2 is 1.42 bits per heavy atom. The van der Waals surface area contributed by atoms with Gasteiger partial charge in [-0.2, -0.15) is 0 Å². The van der Waals surface area contributed by atoms with Gasteiger partial charge in [-0.15, -0.1) is 0 Å². The Balaban J connectivity index is 0.000000211. The molecule has 1 N–H and O–H groups in total. The van der Waals surface area contributed by atoms with Crippen LogP contribution in [0.2, 0.25) is 13.1 Å². The molecule has 0 aromatic heterocycles. The third-order valence-corrected chi connectivity index (χ3v) is 3.91. The lowest BCUT2D eigenvalue weighted by molar-refractivity contribution is 0.258. The van der Waals surface area contributed by atoms with E-state index < -0.39 is 8.56 Å². The molecule has 74 valence electrons. The standard InChI is InChI=1S/C4H9N.C4H12O2Si/c1-2-4-5-3-1;1-5-7(3,4)6-2/h5H,1-4H2;1-4H3. The molecule has 0 spiro atoms. The molecule has 4 heteroatoms. The summed E-state index contributed by atoms with van der Waals surface area (Å²) >= 11 is 0. The largest absolute Gasteiger partial charge is 0.398 e. The van der Waals surface area contributed by atoms with Gasteiger partial charge in [0, 0.05) is 14.2 Å². The molecule has 0 aromatic carbocycles. The lowest BCUT2D eigenvalue weighted by Crippen LogP contribution is -2.31. The molecular weight excluding hydrogens is 170 g/mol. The molecule has 12 heavy (non-hydrogen) atoms. The van der Waals surface area contributed by atoms with Crippen LogP contribution in [-0.2, 0) is 8.85 Å². The highest BCUT2D eigenvalue weighted by Gasteiger charge is 2.19. The van der Waals surface area contributed by atoms with Crippen molar-refractivity contribution < 1.29 is 8.85 Å². The summed E-state index contributed by atoms with van der Waals surface area (Å²) in [6, 6.07) is 0. The fraction of sp³-hybridized carbons (Fsp3) is 1.00. The highest BCUT2D eigenvalue weighted by molar-refractivity contribution is 6.64. The van der Waals surface area contributed by atoms with Crippen molar-refractivity contribution >= 4 is 8.56 Å². The predicted octanol–water partition coefficient (Wildman–Crippen LogP) is 1.35. The van der Waals surface area contributed by atoms with Crippen LogP contribution in [0.3, 0.4) is 0 Å². The van der Waals surface area contributed by atoms with E-state index in [-0.39, 0.29) is 0 Å². The maximum absolute atomic E-state index is 5.00. The SMILES string of the molecule is C1CCNC1.CO[Si](C)(C)OC. The molecule has 0 aromatic rings. The van der Waals surface area contributed by atoms with Crippen LogP contribution in [0.1, 0.15) is 12.8 Å². The van der Waals surface area contributed by atoms with Gasteiger partial charge in [0.1, 0.15) is 0 Å². The number of rotatable bonds is 2. The molecule has 3 nitrogen and oxygen atoms in total. The molecule has 1 heterocycles. The Labute approximate surface area is 76.7 Å². The summed E-state index contributed by atoms with van der Waals surface area (Å²) < 4.78 is 10.0. The lowest BCUT2D eigenvalue weighted by atomic mass is 10.4. The summed E-state index contributed by atoms with van der Waals surface area (Å²) in [5, 5.41) is 3.22. The molecule has 0 amide bonds. The summed E-state index contributed by atoms with van der Waals surface area (Å²) in [4.78, 5) is 0. The van der Waals surface area contributed by atoms with E-state index in [1.54, 1.807) is 14.2 Å². The Morgan fingerprint density at radius 3 is 1.50 bits per heavy atom. The molecule has 1 aliphatic heterocycles. The molecule has 1 saturated heterocycles. The molecule has 0 saturated carbocycles. The second-order valence-electron chi connectivity index (χ2n) is 3.27. The van der Waals surface area contributed by atoms with Gasteiger partial charge in [0.15, 0.2) is 0 Å². The van der Waals surface area contributed by atoms with E-state index in [1.165, 1.54) is 25.9 Å². The lowest BCUT2D eigenvalue weighted by Gasteiger charge is -2.15. The summed E-state index contributed by atoms with van der Waals surface area (Å²) in [7, 11) is 1.70. The maximum Gasteiger partial charge on any atom is 0.331 e. The quantitative estimate of drug-likeness (QED) is 0.668. The van der Waals surface area contributed by atoms with Crippen LogP contribution in [0.5, 0.6) is 0 Å². The average molecular weight is 191 g/mol. The monoisotopic (exact) mass is 191 g/mol. The van der Waals surface area contributed by atoms with Crippen LogP contribution in [-0.4, -0.2) is 35.9 Å². The second kappa shape index (κ2) is 6.60. The fourth-order valence-electron chi connectivity index (χ4n) is 0.708. The van der Waals surface area contributed by atoms with Gasteiger partial charge in [0.25, 0.3) is 0 Å². The Kier molecular flexibility index (Phi) is 6.65. The van der Waals surface area contributed by atoms with E-state index in [2.05, 4.69) is 5.32 Å². The first-order valence-electron chi connectivity index (χ1n) is 4.43. The predicted molar refractivity (Wildman–Crippen MR) is 53.6 cm³/mol. The first-order valence-corrected chi connectivity index (χ1v) is 7.25. The Hall–Kier alpha value is 0.0969. The van der Waals surface area contributed by atoms with E-state index in [0.29, 0.717) is 0 Å². The van der Waals surface area contributed by atoms with E-state index in [4.69, 9.17) is 8.85 Å². The third-order valence-electron chi connectivity index (χ3n) is 1.94. The van der Waals surface area contributed by atoms with E-state index in [9.17, 15) is 0 Å². The zero-order valence-corrected chi connectivity index (χ0v) is 9.64. The summed E-state index contributed by atoms with van der Waals surface area (Å²) in [5.41, 5.74) is 0. The van der Waals surface area contributed by atoms with Crippen LogP contribution in [0.15, 0.2) is 0 Å². The minimum absolute atomic E-state index is 1.25. The molecule has 0 radical (unpaired) electrons. The average Bonchev–Trinajstić information content (AvgIpc) is 2.62. The fourth-order valence-corrected chi connectivity index (χ4v) is 0.875. The molecule has 1 fully saturated rings. The van der Waals surface area contributed by atoms with Gasteiger partial charge in [-0.3, -0.25) is 0 Å². The van der Waals surface area contributed by atoms with E-state index in [0.717, 1.165) is 0 Å². The summed E-state index contributed by atoms with van der Waals surface area (Å²) in [5.74, 6) is 0. The van der Waals surface area contributed by atoms with Gasteiger partial charge in [0.2, 0.25) is 0 Å². The van der Waals surface area contributed by atoms with E-state index in [1.807, 2.05) is 13.1 Å². The van der Waals surface area contributed by atoms with Crippen molar-refractivity contribution in [1.82, 2.24) is 5.32 Å². The van der Waals surface area contributed by atoms with Crippen molar-refractivity contribution in [1.29, 1.82) is 0 Å². The van der Waals surface area contributed by atoms with Crippen LogP contribution < -0.4 is 5.32 Å². The highest BCUT2D eigenvalue weighted by atomic mass is 28.4. The Bertz CT molecular complexity index is 91.6. The second-order valence-corrected chi connectivity index (χ2v) is 6.88. The van der Waals surface area contributed by atoms with Crippen LogP contribution in [0.25, 0.3) is 0 Å². The van der Waals surface area contributed by atoms with Crippen molar-refractivity contribution in [3.05, 3.63) is 0 Å². The van der Waals surface area contributed by atoms with Gasteiger partial charge in [-0.1, -0.05) is 0 Å². The summed E-state index contributed by atoms with van der Waals surface area (Å²) in [6.07, 6.45) is 2.78. The van der Waals surface area contributed by atoms with Gasteiger partial charge in [0.05, 0.1) is 0 Å². The number of hydrogen-bond acceptors (Lipinski definition) is 3. The van der Waals surface area contributed by atoms with Gasteiger partial charge >= 0.3 is 8.56 Å². The Morgan fingerprint density at radius 1 is 1.00 bits per heavy atom. The normalized spacial score (nSPS) is 17.0. The van der Waals surface area contributed by atoms with Crippen molar-refractivity contribution in [3.63, 3.8) is 0 Å². The van der Waals surface area contributed by atoms with Gasteiger partial charge < -0.3 is 14.2 Å². The van der Waals surface area contributed by atoms with Crippen molar-refractivity contribution in [2.45, 2.75) is 25.9 Å². The molecular formula is C8H21NO2Si. The minimum Gasteiger partial charge on any atom is -0.398 e. The summed E-state index contributed by atoms with van der Waals surface area (Å²) in [6.45, 7) is 6.49. The first kappa shape index (κ1) is 12.1. The van der Waals surface area contributed by atoms with Gasteiger partial charge in [-0.05, 0) is 39.0 Å². The molecule has 1 aliphatic rings. The first-order chi connectivity index (χ1) is 5.62. The molecule has 0 atom stereocenters. The number of nitrogens with one attached hydrogen (secondary N) is 1. The van der Waals surface area contributed by atoms with Crippen molar-refractivity contribution in [3.8, 4) is 0 Å². The highest BCUT2D eigenvalue weighted by Crippen LogP contribution is 1.99. The van der Waals surface area contributed by atoms with E-state index >= 15 is 0 Å². The number of hydrogen-bond donors (Lipinski definition) is 1.